The van der Waals surface area contributed by atoms with Gasteiger partial charge in [-0.25, -0.2) is 0 Å². The number of carbonyl (C=O) groups excluding carboxylic acids is 2. The summed E-state index contributed by atoms with van der Waals surface area (Å²) >= 11 is 0. The minimum atomic E-state index is 0.0919. The lowest BCUT2D eigenvalue weighted by atomic mass is 10.1. The molecule has 2 amide bonds. The first-order valence-corrected chi connectivity index (χ1v) is 6.46. The number of hydrogen-bond acceptors (Lipinski definition) is 3. The fraction of sp³-hybridized carbons (Fsp3) is 0.833. The molecule has 0 aliphatic carbocycles. The summed E-state index contributed by atoms with van der Waals surface area (Å²) in [4.78, 5) is 27.4. The van der Waals surface area contributed by atoms with Crippen LogP contribution in [-0.4, -0.2) is 60.4 Å². The fourth-order valence-corrected chi connectivity index (χ4v) is 2.49. The van der Waals surface area contributed by atoms with Crippen LogP contribution in [0, 0.1) is 0 Å². The van der Waals surface area contributed by atoms with Crippen LogP contribution in [0.25, 0.3) is 0 Å². The van der Waals surface area contributed by atoms with E-state index in [1.807, 2.05) is 11.8 Å². The summed E-state index contributed by atoms with van der Waals surface area (Å²) in [5, 5.41) is 3.26. The van der Waals surface area contributed by atoms with E-state index in [1.165, 1.54) is 0 Å². The second kappa shape index (κ2) is 5.49. The molecule has 0 aromatic rings. The van der Waals surface area contributed by atoms with Crippen LogP contribution in [-0.2, 0) is 9.59 Å². The van der Waals surface area contributed by atoms with Crippen LogP contribution in [0.2, 0.25) is 0 Å². The van der Waals surface area contributed by atoms with E-state index in [0.717, 1.165) is 39.0 Å². The summed E-state index contributed by atoms with van der Waals surface area (Å²) in [6.07, 6.45) is 2.59. The number of piperazine rings is 1. The number of amides is 2. The molecule has 0 radical (unpaired) electrons. The summed E-state index contributed by atoms with van der Waals surface area (Å²) in [5.74, 6) is 0.224. The molecule has 2 saturated heterocycles. The molecule has 0 aromatic carbocycles. The predicted octanol–water partition coefficient (Wildman–Crippen LogP) is -0.181. The van der Waals surface area contributed by atoms with Crippen molar-refractivity contribution in [3.8, 4) is 0 Å². The molecule has 0 unspecified atom stereocenters. The van der Waals surface area contributed by atoms with Gasteiger partial charge in [-0.3, -0.25) is 9.59 Å². The summed E-state index contributed by atoms with van der Waals surface area (Å²) < 4.78 is 0. The van der Waals surface area contributed by atoms with Crippen molar-refractivity contribution in [2.24, 2.45) is 0 Å². The molecule has 2 fully saturated rings. The number of nitrogens with zero attached hydrogens (tertiary/aromatic N) is 2. The molecule has 2 rings (SSSR count). The minimum absolute atomic E-state index is 0.0919. The van der Waals surface area contributed by atoms with Gasteiger partial charge in [-0.2, -0.15) is 0 Å². The maximum Gasteiger partial charge on any atom is 0.242 e. The van der Waals surface area contributed by atoms with Crippen molar-refractivity contribution in [1.82, 2.24) is 15.1 Å². The average molecular weight is 239 g/mol. The lowest BCUT2D eigenvalue weighted by Crippen LogP contribution is -2.55. The second-order valence-electron chi connectivity index (χ2n) is 4.91. The first kappa shape index (κ1) is 12.4. The molecular weight excluding hydrogens is 218 g/mol. The van der Waals surface area contributed by atoms with Crippen LogP contribution < -0.4 is 5.32 Å². The second-order valence-corrected chi connectivity index (χ2v) is 4.91. The Kier molecular flexibility index (Phi) is 3.99. The first-order valence-electron chi connectivity index (χ1n) is 6.46. The molecule has 1 atom stereocenters. The topological polar surface area (TPSA) is 52.7 Å². The molecule has 0 bridgehead atoms. The Balaban J connectivity index is 1.89. The third-order valence-electron chi connectivity index (χ3n) is 3.57. The summed E-state index contributed by atoms with van der Waals surface area (Å²) in [6.45, 7) is 5.50. The van der Waals surface area contributed by atoms with Crippen LogP contribution in [0.4, 0.5) is 0 Å². The molecule has 96 valence electrons. The first-order chi connectivity index (χ1) is 8.18. The number of rotatable bonds is 2. The summed E-state index contributed by atoms with van der Waals surface area (Å²) in [7, 11) is 0. The van der Waals surface area contributed by atoms with E-state index in [2.05, 4.69) is 5.32 Å². The van der Waals surface area contributed by atoms with Gasteiger partial charge in [0.25, 0.3) is 0 Å². The van der Waals surface area contributed by atoms with Gasteiger partial charge in [0.2, 0.25) is 11.8 Å². The zero-order chi connectivity index (χ0) is 12.3. The monoisotopic (exact) mass is 239 g/mol. The number of carbonyl (C=O) groups is 2. The molecule has 1 N–H and O–H groups in total. The van der Waals surface area contributed by atoms with E-state index in [0.29, 0.717) is 6.42 Å². The van der Waals surface area contributed by atoms with Crippen LogP contribution in [0.5, 0.6) is 0 Å². The number of likely N-dealkylation sites (tertiary alicyclic amines) is 1. The maximum atomic E-state index is 12.1. The SMILES string of the molecule is C[C@H]1CNCCN1C(=O)CN1CCCCC1=O. The van der Waals surface area contributed by atoms with Crippen molar-refractivity contribution in [1.29, 1.82) is 0 Å². The molecule has 5 nitrogen and oxygen atoms in total. The fourth-order valence-electron chi connectivity index (χ4n) is 2.49. The Labute approximate surface area is 102 Å². The highest BCUT2D eigenvalue weighted by Gasteiger charge is 2.27. The van der Waals surface area contributed by atoms with E-state index < -0.39 is 0 Å². The molecule has 17 heavy (non-hydrogen) atoms. The Bertz CT molecular complexity index is 306. The van der Waals surface area contributed by atoms with Gasteiger partial charge in [0.15, 0.2) is 0 Å². The average Bonchev–Trinajstić information content (AvgIpc) is 2.32. The number of nitrogens with one attached hydrogen (secondary N) is 1. The maximum absolute atomic E-state index is 12.1. The molecule has 0 spiro atoms. The van der Waals surface area contributed by atoms with E-state index in [4.69, 9.17) is 0 Å². The van der Waals surface area contributed by atoms with Crippen molar-refractivity contribution in [3.05, 3.63) is 0 Å². The minimum Gasteiger partial charge on any atom is -0.336 e. The zero-order valence-corrected chi connectivity index (χ0v) is 10.4. The Hall–Kier alpha value is -1.10. The molecule has 0 aromatic heterocycles. The Morgan fingerprint density at radius 2 is 2.24 bits per heavy atom. The van der Waals surface area contributed by atoms with E-state index in [-0.39, 0.29) is 24.4 Å². The van der Waals surface area contributed by atoms with Gasteiger partial charge >= 0.3 is 0 Å². The summed E-state index contributed by atoms with van der Waals surface area (Å²) in [5.41, 5.74) is 0. The normalized spacial score (nSPS) is 26.2. The number of hydrogen-bond donors (Lipinski definition) is 1. The third kappa shape index (κ3) is 2.97. The van der Waals surface area contributed by atoms with Gasteiger partial charge in [-0.1, -0.05) is 0 Å². The van der Waals surface area contributed by atoms with E-state index in [9.17, 15) is 9.59 Å². The summed E-state index contributed by atoms with van der Waals surface area (Å²) in [6, 6.07) is 0.233. The standard InChI is InChI=1S/C12H21N3O2/c1-10-8-13-5-7-15(10)12(17)9-14-6-3-2-4-11(14)16/h10,13H,2-9H2,1H3/t10-/m0/s1. The lowest BCUT2D eigenvalue weighted by Gasteiger charge is -2.36. The van der Waals surface area contributed by atoms with Crippen LogP contribution in [0.1, 0.15) is 26.2 Å². The molecule has 5 heteroatoms. The van der Waals surface area contributed by atoms with Gasteiger partial charge in [0.05, 0.1) is 6.54 Å². The van der Waals surface area contributed by atoms with Crippen molar-refractivity contribution in [3.63, 3.8) is 0 Å². The molecule has 2 aliphatic rings. The Morgan fingerprint density at radius 1 is 1.41 bits per heavy atom. The van der Waals surface area contributed by atoms with Crippen molar-refractivity contribution >= 4 is 11.8 Å². The molecule has 2 aliphatic heterocycles. The smallest absolute Gasteiger partial charge is 0.242 e. The van der Waals surface area contributed by atoms with Crippen LogP contribution >= 0.6 is 0 Å². The molecule has 2 heterocycles. The van der Waals surface area contributed by atoms with Gasteiger partial charge in [0, 0.05) is 38.6 Å². The largest absolute Gasteiger partial charge is 0.336 e. The van der Waals surface area contributed by atoms with Crippen molar-refractivity contribution < 1.29 is 9.59 Å². The van der Waals surface area contributed by atoms with Gasteiger partial charge in [-0.15, -0.1) is 0 Å². The van der Waals surface area contributed by atoms with Crippen molar-refractivity contribution in [2.45, 2.75) is 32.2 Å². The Morgan fingerprint density at radius 3 is 2.94 bits per heavy atom. The quantitative estimate of drug-likeness (QED) is 0.727. The molecule has 0 saturated carbocycles. The number of piperidine rings is 1. The molecular formula is C12H21N3O2. The zero-order valence-electron chi connectivity index (χ0n) is 10.4. The van der Waals surface area contributed by atoms with E-state index in [1.54, 1.807) is 4.90 Å². The van der Waals surface area contributed by atoms with Crippen LogP contribution in [0.3, 0.4) is 0 Å². The highest BCUT2D eigenvalue weighted by Crippen LogP contribution is 2.11. The van der Waals surface area contributed by atoms with E-state index >= 15 is 0 Å². The predicted molar refractivity (Wildman–Crippen MR) is 64.5 cm³/mol. The van der Waals surface area contributed by atoms with Gasteiger partial charge in [-0.05, 0) is 19.8 Å². The van der Waals surface area contributed by atoms with Crippen LogP contribution in [0.15, 0.2) is 0 Å². The highest BCUT2D eigenvalue weighted by atomic mass is 16.2. The van der Waals surface area contributed by atoms with Gasteiger partial charge in [0.1, 0.15) is 0 Å². The van der Waals surface area contributed by atoms with Crippen molar-refractivity contribution in [2.75, 3.05) is 32.7 Å². The highest BCUT2D eigenvalue weighted by molar-refractivity contribution is 5.85. The lowest BCUT2D eigenvalue weighted by molar-refractivity contribution is -0.143. The third-order valence-corrected chi connectivity index (χ3v) is 3.57. The van der Waals surface area contributed by atoms with Gasteiger partial charge < -0.3 is 15.1 Å².